The maximum atomic E-state index is 10.0. The summed E-state index contributed by atoms with van der Waals surface area (Å²) >= 11 is 0. The molecule has 4 nitrogen and oxygen atoms in total. The fourth-order valence-electron chi connectivity index (χ4n) is 2.31. The second kappa shape index (κ2) is 8.02. The van der Waals surface area contributed by atoms with Crippen molar-refractivity contribution >= 4 is 5.69 Å². The Morgan fingerprint density at radius 2 is 1.86 bits per heavy atom. The number of likely N-dealkylation sites (N-methyl/N-ethyl adjacent to an activating group) is 1. The zero-order valence-corrected chi connectivity index (χ0v) is 13.8. The average molecular weight is 289 g/mol. The van der Waals surface area contributed by atoms with Crippen molar-refractivity contribution in [3.8, 4) is 6.07 Å². The van der Waals surface area contributed by atoms with Crippen molar-refractivity contribution in [1.29, 1.82) is 5.26 Å². The van der Waals surface area contributed by atoms with Crippen molar-refractivity contribution < 1.29 is 5.11 Å². The highest BCUT2D eigenvalue weighted by molar-refractivity contribution is 5.58. The van der Waals surface area contributed by atoms with E-state index in [1.54, 1.807) is 13.0 Å². The monoisotopic (exact) mass is 289 g/mol. The molecule has 0 spiro atoms. The molecule has 116 valence electrons. The van der Waals surface area contributed by atoms with Gasteiger partial charge in [-0.3, -0.25) is 0 Å². The first-order valence-electron chi connectivity index (χ1n) is 7.47. The number of nitrogens with zero attached hydrogens (tertiary/aromatic N) is 3. The Hall–Kier alpha value is -1.57. The van der Waals surface area contributed by atoms with Crippen molar-refractivity contribution in [1.82, 2.24) is 4.90 Å². The Morgan fingerprint density at radius 1 is 1.19 bits per heavy atom. The van der Waals surface area contributed by atoms with E-state index >= 15 is 0 Å². The molecule has 0 fully saturated rings. The van der Waals surface area contributed by atoms with Gasteiger partial charge in [0.25, 0.3) is 0 Å². The van der Waals surface area contributed by atoms with Crippen LogP contribution in [0.25, 0.3) is 0 Å². The first-order valence-corrected chi connectivity index (χ1v) is 7.47. The van der Waals surface area contributed by atoms with Crippen molar-refractivity contribution in [3.63, 3.8) is 0 Å². The highest BCUT2D eigenvalue weighted by Gasteiger charge is 2.16. The smallest absolute Gasteiger partial charge is 0.0992 e. The van der Waals surface area contributed by atoms with E-state index in [1.807, 2.05) is 12.1 Å². The Morgan fingerprint density at radius 3 is 2.33 bits per heavy atom. The second-order valence-corrected chi connectivity index (χ2v) is 6.20. The Labute approximate surface area is 128 Å². The van der Waals surface area contributed by atoms with Crippen LogP contribution in [0.4, 0.5) is 5.69 Å². The van der Waals surface area contributed by atoms with Crippen LogP contribution in [0, 0.1) is 17.2 Å². The molecular formula is C17H27N3O. The minimum Gasteiger partial charge on any atom is -0.389 e. The lowest BCUT2D eigenvalue weighted by Crippen LogP contribution is -2.35. The van der Waals surface area contributed by atoms with Gasteiger partial charge in [0.15, 0.2) is 0 Å². The number of rotatable bonds is 7. The van der Waals surface area contributed by atoms with Crippen molar-refractivity contribution in [3.05, 3.63) is 29.3 Å². The molecule has 1 atom stereocenters. The third kappa shape index (κ3) is 5.37. The Kier molecular flexibility index (Phi) is 6.67. The summed E-state index contributed by atoms with van der Waals surface area (Å²) in [6.07, 6.45) is -0.540. The maximum absolute atomic E-state index is 10.0. The summed E-state index contributed by atoms with van der Waals surface area (Å²) in [5, 5.41) is 19.1. The molecule has 0 saturated heterocycles. The molecule has 0 saturated carbocycles. The largest absolute Gasteiger partial charge is 0.389 e. The van der Waals surface area contributed by atoms with Gasteiger partial charge in [-0.1, -0.05) is 19.9 Å². The molecule has 1 rings (SSSR count). The third-order valence-corrected chi connectivity index (χ3v) is 3.35. The van der Waals surface area contributed by atoms with Crippen molar-refractivity contribution in [2.75, 3.05) is 38.6 Å². The molecule has 0 bridgehead atoms. The van der Waals surface area contributed by atoms with E-state index in [4.69, 9.17) is 5.26 Å². The molecule has 1 aromatic rings. The molecule has 0 aliphatic carbocycles. The first-order chi connectivity index (χ1) is 9.85. The molecule has 0 amide bonds. The minimum atomic E-state index is -0.540. The van der Waals surface area contributed by atoms with Crippen LogP contribution in [0.2, 0.25) is 0 Å². The zero-order chi connectivity index (χ0) is 16.0. The predicted molar refractivity (Wildman–Crippen MR) is 87.4 cm³/mol. The van der Waals surface area contributed by atoms with Crippen LogP contribution in [0.3, 0.4) is 0 Å². The Balaban J connectivity index is 3.16. The quantitative estimate of drug-likeness (QED) is 0.838. The highest BCUT2D eigenvalue weighted by atomic mass is 16.3. The zero-order valence-electron chi connectivity index (χ0n) is 13.8. The van der Waals surface area contributed by atoms with E-state index in [-0.39, 0.29) is 0 Å². The first kappa shape index (κ1) is 17.5. The SMILES string of the molecule is CC(C)CN(CCN(C)C)c1cc(C#N)ccc1C(C)O. The van der Waals surface area contributed by atoms with Crippen LogP contribution >= 0.6 is 0 Å². The van der Waals surface area contributed by atoms with Crippen LogP contribution in [0.15, 0.2) is 18.2 Å². The van der Waals surface area contributed by atoms with Crippen molar-refractivity contribution in [2.45, 2.75) is 26.9 Å². The van der Waals surface area contributed by atoms with E-state index in [0.717, 1.165) is 30.9 Å². The van der Waals surface area contributed by atoms with Gasteiger partial charge < -0.3 is 14.9 Å². The van der Waals surface area contributed by atoms with Gasteiger partial charge in [-0.2, -0.15) is 5.26 Å². The summed E-state index contributed by atoms with van der Waals surface area (Å²) in [6.45, 7) is 8.84. The van der Waals surface area contributed by atoms with Crippen LogP contribution < -0.4 is 4.90 Å². The molecule has 4 heteroatoms. The lowest BCUT2D eigenvalue weighted by Gasteiger charge is -2.30. The van der Waals surface area contributed by atoms with Gasteiger partial charge in [-0.25, -0.2) is 0 Å². The number of hydrogen-bond donors (Lipinski definition) is 1. The van der Waals surface area contributed by atoms with E-state index in [9.17, 15) is 5.11 Å². The second-order valence-electron chi connectivity index (χ2n) is 6.20. The molecule has 1 unspecified atom stereocenters. The van der Waals surface area contributed by atoms with E-state index in [2.05, 4.69) is 43.8 Å². The van der Waals surface area contributed by atoms with E-state index in [0.29, 0.717) is 11.5 Å². The summed E-state index contributed by atoms with van der Waals surface area (Å²) in [5.41, 5.74) is 2.49. The highest BCUT2D eigenvalue weighted by Crippen LogP contribution is 2.28. The van der Waals surface area contributed by atoms with Crippen LogP contribution in [0.1, 0.15) is 38.0 Å². The maximum Gasteiger partial charge on any atom is 0.0992 e. The van der Waals surface area contributed by atoms with Crippen LogP contribution in [-0.4, -0.2) is 43.7 Å². The van der Waals surface area contributed by atoms with Gasteiger partial charge in [0.2, 0.25) is 0 Å². The van der Waals surface area contributed by atoms with E-state index < -0.39 is 6.10 Å². The lowest BCUT2D eigenvalue weighted by molar-refractivity contribution is 0.199. The van der Waals surface area contributed by atoms with Gasteiger partial charge in [-0.05, 0) is 39.1 Å². The molecule has 0 aliphatic rings. The van der Waals surface area contributed by atoms with Crippen LogP contribution in [0.5, 0.6) is 0 Å². The third-order valence-electron chi connectivity index (χ3n) is 3.35. The average Bonchev–Trinajstić information content (AvgIpc) is 2.42. The molecule has 0 radical (unpaired) electrons. The van der Waals surface area contributed by atoms with Gasteiger partial charge in [0.1, 0.15) is 0 Å². The summed E-state index contributed by atoms with van der Waals surface area (Å²) < 4.78 is 0. The summed E-state index contributed by atoms with van der Waals surface area (Å²) in [7, 11) is 4.10. The molecule has 0 aliphatic heterocycles. The topological polar surface area (TPSA) is 50.5 Å². The molecular weight excluding hydrogens is 262 g/mol. The Bertz CT molecular complexity index is 489. The van der Waals surface area contributed by atoms with Crippen LogP contribution in [-0.2, 0) is 0 Å². The standard InChI is InChI=1S/C17H27N3O/c1-13(2)12-20(9-8-19(4)5)17-10-15(11-18)6-7-16(17)14(3)21/h6-7,10,13-14,21H,8-9,12H2,1-5H3. The molecule has 0 aromatic heterocycles. The van der Waals surface area contributed by atoms with Gasteiger partial charge >= 0.3 is 0 Å². The summed E-state index contributed by atoms with van der Waals surface area (Å²) in [5.74, 6) is 0.514. The number of aliphatic hydroxyl groups is 1. The minimum absolute atomic E-state index is 0.514. The predicted octanol–water partition coefficient (Wildman–Crippen LogP) is 2.64. The normalized spacial score (nSPS) is 12.5. The number of aliphatic hydroxyl groups excluding tert-OH is 1. The van der Waals surface area contributed by atoms with E-state index in [1.165, 1.54) is 0 Å². The number of anilines is 1. The molecule has 21 heavy (non-hydrogen) atoms. The molecule has 1 aromatic carbocycles. The van der Waals surface area contributed by atoms with Crippen molar-refractivity contribution in [2.24, 2.45) is 5.92 Å². The molecule has 0 heterocycles. The summed E-state index contributed by atoms with van der Waals surface area (Å²) in [6, 6.07) is 7.71. The fourth-order valence-corrected chi connectivity index (χ4v) is 2.31. The fraction of sp³-hybridized carbons (Fsp3) is 0.588. The van der Waals surface area contributed by atoms with Gasteiger partial charge in [-0.15, -0.1) is 0 Å². The summed E-state index contributed by atoms with van der Waals surface area (Å²) in [4.78, 5) is 4.41. The van der Waals surface area contributed by atoms with Gasteiger partial charge in [0.05, 0.1) is 17.7 Å². The van der Waals surface area contributed by atoms with Gasteiger partial charge in [0, 0.05) is 30.9 Å². The number of hydrogen-bond acceptors (Lipinski definition) is 4. The molecule has 1 N–H and O–H groups in total. The number of benzene rings is 1. The lowest BCUT2D eigenvalue weighted by atomic mass is 10.0. The number of nitriles is 1.